The molecular formula is C27H32N2O5. The number of nitrogens with one attached hydrogen (secondary N) is 1. The lowest BCUT2D eigenvalue weighted by atomic mass is 9.79. The number of fused-ring (bicyclic) bond motifs is 1. The Labute approximate surface area is 199 Å². The number of carbonyl (C=O) groups is 2. The summed E-state index contributed by atoms with van der Waals surface area (Å²) in [6, 6.07) is 9.32. The lowest BCUT2D eigenvalue weighted by molar-refractivity contribution is -0.143. The number of rotatable bonds is 4. The van der Waals surface area contributed by atoms with Gasteiger partial charge in [-0.2, -0.15) is 0 Å². The number of methoxy groups -OCH3 is 2. The van der Waals surface area contributed by atoms with E-state index in [0.29, 0.717) is 28.0 Å². The lowest BCUT2D eigenvalue weighted by Gasteiger charge is -2.27. The second kappa shape index (κ2) is 8.97. The predicted octanol–water partition coefficient (Wildman–Crippen LogP) is 5.26. The van der Waals surface area contributed by atoms with Crippen LogP contribution in [-0.4, -0.2) is 41.2 Å². The van der Waals surface area contributed by atoms with Crippen LogP contribution >= 0.6 is 0 Å². The van der Waals surface area contributed by atoms with Gasteiger partial charge in [0.1, 0.15) is 17.1 Å². The molecule has 0 aliphatic rings. The van der Waals surface area contributed by atoms with Crippen LogP contribution in [0.4, 0.5) is 0 Å². The van der Waals surface area contributed by atoms with E-state index in [1.807, 2.05) is 6.07 Å². The minimum Gasteiger partial charge on any atom is -0.507 e. The SMILES string of the molecule is COC(=O)C(=Cc1ccc2nc(-c3cc(C(C)(C)C)cc(C(C)(C)C)c3O)[nH]c2c1)C(=O)OC. The van der Waals surface area contributed by atoms with Crippen molar-refractivity contribution in [3.63, 3.8) is 0 Å². The van der Waals surface area contributed by atoms with Crippen LogP contribution in [0.5, 0.6) is 5.75 Å². The Bertz CT molecular complexity index is 1270. The number of phenolic OH excluding ortho intramolecular Hbond substituents is 1. The fraction of sp³-hybridized carbons (Fsp3) is 0.370. The van der Waals surface area contributed by atoms with Crippen molar-refractivity contribution < 1.29 is 24.2 Å². The van der Waals surface area contributed by atoms with Crippen LogP contribution in [0.1, 0.15) is 58.2 Å². The van der Waals surface area contributed by atoms with Crippen LogP contribution in [0.15, 0.2) is 35.9 Å². The first kappa shape index (κ1) is 25.0. The third-order valence-corrected chi connectivity index (χ3v) is 5.67. The quantitative estimate of drug-likeness (QED) is 0.236. The molecule has 180 valence electrons. The van der Waals surface area contributed by atoms with Crippen LogP contribution in [0.3, 0.4) is 0 Å². The van der Waals surface area contributed by atoms with Crippen molar-refractivity contribution in [2.24, 2.45) is 0 Å². The number of phenols is 1. The number of imidazole rings is 1. The molecule has 0 aliphatic heterocycles. The van der Waals surface area contributed by atoms with Crippen molar-refractivity contribution >= 4 is 29.0 Å². The van der Waals surface area contributed by atoms with E-state index >= 15 is 0 Å². The molecule has 0 atom stereocenters. The highest BCUT2D eigenvalue weighted by Crippen LogP contribution is 2.41. The van der Waals surface area contributed by atoms with Crippen LogP contribution < -0.4 is 0 Å². The summed E-state index contributed by atoms with van der Waals surface area (Å²) in [5.41, 5.74) is 3.93. The van der Waals surface area contributed by atoms with E-state index in [0.717, 1.165) is 11.1 Å². The van der Waals surface area contributed by atoms with E-state index in [1.54, 1.807) is 18.2 Å². The molecule has 1 aromatic heterocycles. The highest BCUT2D eigenvalue weighted by atomic mass is 16.5. The topological polar surface area (TPSA) is 102 Å². The number of aromatic nitrogens is 2. The Morgan fingerprint density at radius 2 is 1.56 bits per heavy atom. The normalized spacial score (nSPS) is 11.9. The molecule has 3 aromatic rings. The van der Waals surface area contributed by atoms with Gasteiger partial charge in [0.05, 0.1) is 30.8 Å². The van der Waals surface area contributed by atoms with Crippen molar-refractivity contribution in [2.75, 3.05) is 14.2 Å². The molecule has 1 heterocycles. The number of ether oxygens (including phenoxy) is 2. The maximum absolute atomic E-state index is 12.0. The number of hydrogen-bond donors (Lipinski definition) is 2. The molecular weight excluding hydrogens is 432 g/mol. The summed E-state index contributed by atoms with van der Waals surface area (Å²) < 4.78 is 9.38. The Morgan fingerprint density at radius 1 is 0.941 bits per heavy atom. The van der Waals surface area contributed by atoms with Crippen LogP contribution in [0.25, 0.3) is 28.5 Å². The Hall–Kier alpha value is -3.61. The van der Waals surface area contributed by atoms with Gasteiger partial charge in [0, 0.05) is 5.56 Å². The van der Waals surface area contributed by atoms with Gasteiger partial charge >= 0.3 is 11.9 Å². The van der Waals surface area contributed by atoms with Gasteiger partial charge in [0.25, 0.3) is 0 Å². The number of carbonyl (C=O) groups excluding carboxylic acids is 2. The standard InChI is InChI=1S/C27H32N2O5/c1-26(2,3)16-13-17(22(30)19(14-16)27(4,5)6)23-28-20-10-9-15(12-21(20)29-23)11-18(24(31)33-7)25(32)34-8/h9-14,30H,1-8H3,(H,28,29). The summed E-state index contributed by atoms with van der Waals surface area (Å²) >= 11 is 0. The summed E-state index contributed by atoms with van der Waals surface area (Å²) in [6.45, 7) is 12.6. The van der Waals surface area contributed by atoms with Gasteiger partial charge in [-0.05, 0) is 46.2 Å². The minimum absolute atomic E-state index is 0.120. The van der Waals surface area contributed by atoms with Gasteiger partial charge in [-0.1, -0.05) is 53.7 Å². The van der Waals surface area contributed by atoms with Gasteiger partial charge in [-0.25, -0.2) is 14.6 Å². The molecule has 0 saturated carbocycles. The fourth-order valence-electron chi connectivity index (χ4n) is 3.65. The predicted molar refractivity (Wildman–Crippen MR) is 133 cm³/mol. The Balaban J connectivity index is 2.17. The number of esters is 2. The van der Waals surface area contributed by atoms with Crippen molar-refractivity contribution in [1.82, 2.24) is 9.97 Å². The van der Waals surface area contributed by atoms with E-state index in [9.17, 15) is 14.7 Å². The second-order valence-electron chi connectivity index (χ2n) is 10.3. The zero-order chi connectivity index (χ0) is 25.4. The molecule has 0 fully saturated rings. The fourth-order valence-corrected chi connectivity index (χ4v) is 3.65. The van der Waals surface area contributed by atoms with Gasteiger partial charge in [0.2, 0.25) is 0 Å². The van der Waals surface area contributed by atoms with Crippen molar-refractivity contribution in [2.45, 2.75) is 52.4 Å². The molecule has 2 N–H and O–H groups in total. The zero-order valence-electron chi connectivity index (χ0n) is 21.0. The van der Waals surface area contributed by atoms with Crippen LogP contribution in [0.2, 0.25) is 0 Å². The van der Waals surface area contributed by atoms with E-state index in [4.69, 9.17) is 14.5 Å². The highest BCUT2D eigenvalue weighted by molar-refractivity contribution is 6.17. The van der Waals surface area contributed by atoms with E-state index in [1.165, 1.54) is 20.3 Å². The number of hydrogen-bond acceptors (Lipinski definition) is 6. The van der Waals surface area contributed by atoms with Crippen molar-refractivity contribution in [3.8, 4) is 17.1 Å². The smallest absolute Gasteiger partial charge is 0.345 e. The summed E-state index contributed by atoms with van der Waals surface area (Å²) in [6.07, 6.45) is 1.41. The monoisotopic (exact) mass is 464 g/mol. The maximum Gasteiger partial charge on any atom is 0.345 e. The molecule has 0 bridgehead atoms. The Morgan fingerprint density at radius 3 is 2.09 bits per heavy atom. The van der Waals surface area contributed by atoms with Crippen LogP contribution in [0, 0.1) is 0 Å². The molecule has 7 nitrogen and oxygen atoms in total. The molecule has 34 heavy (non-hydrogen) atoms. The van der Waals surface area contributed by atoms with E-state index < -0.39 is 11.9 Å². The summed E-state index contributed by atoms with van der Waals surface area (Å²) in [7, 11) is 2.40. The van der Waals surface area contributed by atoms with Crippen LogP contribution in [-0.2, 0) is 29.9 Å². The van der Waals surface area contributed by atoms with E-state index in [-0.39, 0.29) is 22.2 Å². The lowest BCUT2D eigenvalue weighted by Crippen LogP contribution is -2.17. The third-order valence-electron chi connectivity index (χ3n) is 5.67. The number of aromatic amines is 1. The zero-order valence-corrected chi connectivity index (χ0v) is 21.0. The third kappa shape index (κ3) is 4.98. The summed E-state index contributed by atoms with van der Waals surface area (Å²) in [5, 5.41) is 11.2. The summed E-state index contributed by atoms with van der Waals surface area (Å²) in [5.74, 6) is -0.837. The highest BCUT2D eigenvalue weighted by Gasteiger charge is 2.26. The average Bonchev–Trinajstić information content (AvgIpc) is 3.18. The second-order valence-corrected chi connectivity index (χ2v) is 10.3. The number of H-pyrrole nitrogens is 1. The number of aromatic hydroxyl groups is 1. The molecule has 0 radical (unpaired) electrons. The van der Waals surface area contributed by atoms with Gasteiger partial charge in [-0.15, -0.1) is 0 Å². The molecule has 0 spiro atoms. The molecule has 0 aliphatic carbocycles. The first-order chi connectivity index (χ1) is 15.8. The molecule has 0 saturated heterocycles. The maximum atomic E-state index is 12.0. The molecule has 0 amide bonds. The number of nitrogens with zero attached hydrogens (tertiary/aromatic N) is 1. The average molecular weight is 465 g/mol. The Kier molecular flexibility index (Phi) is 6.60. The molecule has 2 aromatic carbocycles. The molecule has 0 unspecified atom stereocenters. The van der Waals surface area contributed by atoms with Gasteiger partial charge < -0.3 is 19.6 Å². The van der Waals surface area contributed by atoms with Gasteiger partial charge in [-0.3, -0.25) is 0 Å². The van der Waals surface area contributed by atoms with E-state index in [2.05, 4.69) is 52.6 Å². The molecule has 7 heteroatoms. The minimum atomic E-state index is -0.782. The van der Waals surface area contributed by atoms with Crippen molar-refractivity contribution in [3.05, 3.63) is 52.6 Å². The summed E-state index contributed by atoms with van der Waals surface area (Å²) in [4.78, 5) is 32.0. The number of benzene rings is 2. The van der Waals surface area contributed by atoms with Gasteiger partial charge in [0.15, 0.2) is 0 Å². The molecule has 3 rings (SSSR count). The first-order valence-electron chi connectivity index (χ1n) is 11.0. The van der Waals surface area contributed by atoms with Crippen molar-refractivity contribution in [1.29, 1.82) is 0 Å². The first-order valence-corrected chi connectivity index (χ1v) is 11.0. The largest absolute Gasteiger partial charge is 0.507 e.